The van der Waals surface area contributed by atoms with Crippen LogP contribution in [0.3, 0.4) is 0 Å². The molecule has 0 radical (unpaired) electrons. The molecule has 0 aliphatic carbocycles. The summed E-state index contributed by atoms with van der Waals surface area (Å²) in [5.74, 6) is 0.112. The summed E-state index contributed by atoms with van der Waals surface area (Å²) in [4.78, 5) is 29.7. The molecular formula is C16H16FN3O2S2. The molecular weight excluding hydrogens is 349 g/mol. The Kier molecular flexibility index (Phi) is 5.25. The normalized spacial score (nSPS) is 12.9. The Hall–Kier alpha value is -1.80. The van der Waals surface area contributed by atoms with Crippen molar-refractivity contribution in [3.63, 3.8) is 0 Å². The third-order valence-corrected chi connectivity index (χ3v) is 5.63. The minimum absolute atomic E-state index is 0.0398. The Balaban J connectivity index is 1.73. The van der Waals surface area contributed by atoms with Gasteiger partial charge < -0.3 is 5.32 Å². The molecule has 0 saturated heterocycles. The summed E-state index contributed by atoms with van der Waals surface area (Å²) < 4.78 is 15.1. The molecule has 0 saturated carbocycles. The summed E-state index contributed by atoms with van der Waals surface area (Å²) in [5, 5.41) is 3.07. The molecule has 126 valence electrons. The molecule has 3 rings (SSSR count). The second-order valence-electron chi connectivity index (χ2n) is 5.13. The van der Waals surface area contributed by atoms with Gasteiger partial charge in [-0.05, 0) is 19.1 Å². The second kappa shape index (κ2) is 7.40. The lowest BCUT2D eigenvalue weighted by Gasteiger charge is -2.11. The number of nitrogens with one attached hydrogen (secondary N) is 1. The van der Waals surface area contributed by atoms with Crippen LogP contribution in [-0.2, 0) is 17.8 Å². The van der Waals surface area contributed by atoms with E-state index >= 15 is 0 Å². The zero-order valence-corrected chi connectivity index (χ0v) is 14.7. The second-order valence-corrected chi connectivity index (χ2v) is 7.18. The molecule has 24 heavy (non-hydrogen) atoms. The Labute approximate surface area is 147 Å². The smallest absolute Gasteiger partial charge is 0.268 e. The number of carbonyl (C=O) groups is 1. The van der Waals surface area contributed by atoms with E-state index in [-0.39, 0.29) is 22.9 Å². The van der Waals surface area contributed by atoms with Crippen LogP contribution in [-0.4, -0.2) is 27.0 Å². The molecule has 1 N–H and O–H groups in total. The maximum absolute atomic E-state index is 13.6. The zero-order chi connectivity index (χ0) is 17.1. The lowest BCUT2D eigenvalue weighted by molar-refractivity contribution is -0.113. The van der Waals surface area contributed by atoms with Crippen molar-refractivity contribution in [3.8, 4) is 0 Å². The van der Waals surface area contributed by atoms with Gasteiger partial charge in [0.15, 0.2) is 5.16 Å². The standard InChI is InChI=1S/C16H16FN3O2S2/c1-2-20-15(22)14-12(7-8-23-14)19-16(20)24-9-13(21)18-11-6-4-3-5-10(11)17/h3-6H,2,7-9H2,1H3,(H,18,21). The van der Waals surface area contributed by atoms with Crippen LogP contribution in [0.2, 0.25) is 0 Å². The lowest BCUT2D eigenvalue weighted by Crippen LogP contribution is -2.25. The van der Waals surface area contributed by atoms with Crippen molar-refractivity contribution in [2.45, 2.75) is 29.9 Å². The van der Waals surface area contributed by atoms with Crippen molar-refractivity contribution in [2.24, 2.45) is 0 Å². The van der Waals surface area contributed by atoms with Crippen LogP contribution in [0.4, 0.5) is 10.1 Å². The zero-order valence-electron chi connectivity index (χ0n) is 13.0. The molecule has 1 aromatic heterocycles. The van der Waals surface area contributed by atoms with Crippen molar-refractivity contribution < 1.29 is 9.18 Å². The Morgan fingerprint density at radius 3 is 3.00 bits per heavy atom. The Morgan fingerprint density at radius 2 is 2.25 bits per heavy atom. The number of para-hydroxylation sites is 1. The number of aromatic nitrogens is 2. The molecule has 1 aromatic carbocycles. The number of fused-ring (bicyclic) bond motifs is 1. The van der Waals surface area contributed by atoms with Crippen LogP contribution < -0.4 is 10.9 Å². The number of rotatable bonds is 5. The highest BCUT2D eigenvalue weighted by Gasteiger charge is 2.21. The number of carbonyl (C=O) groups excluding carboxylic acids is 1. The SMILES string of the molecule is CCn1c(SCC(=O)Nc2ccccc2F)nc2c(c1=O)SCC2. The molecule has 2 heterocycles. The minimum atomic E-state index is -0.478. The van der Waals surface area contributed by atoms with Crippen LogP contribution >= 0.6 is 23.5 Å². The first kappa shape index (κ1) is 17.0. The van der Waals surface area contributed by atoms with E-state index in [0.29, 0.717) is 11.7 Å². The molecule has 1 amide bonds. The predicted molar refractivity (Wildman–Crippen MR) is 94.4 cm³/mol. The van der Waals surface area contributed by atoms with Crippen molar-refractivity contribution in [1.82, 2.24) is 9.55 Å². The van der Waals surface area contributed by atoms with Crippen LogP contribution in [0.5, 0.6) is 0 Å². The first-order valence-electron chi connectivity index (χ1n) is 7.54. The fourth-order valence-electron chi connectivity index (χ4n) is 2.39. The molecule has 0 atom stereocenters. The van der Waals surface area contributed by atoms with Crippen molar-refractivity contribution in [1.29, 1.82) is 0 Å². The van der Waals surface area contributed by atoms with Crippen molar-refractivity contribution >= 4 is 35.1 Å². The van der Waals surface area contributed by atoms with Gasteiger partial charge in [-0.1, -0.05) is 23.9 Å². The topological polar surface area (TPSA) is 64.0 Å². The quantitative estimate of drug-likeness (QED) is 0.652. The highest BCUT2D eigenvalue weighted by atomic mass is 32.2. The average molecular weight is 365 g/mol. The Bertz CT molecular complexity index is 839. The predicted octanol–water partition coefficient (Wildman–Crippen LogP) is 2.78. The summed E-state index contributed by atoms with van der Waals surface area (Å²) in [5.41, 5.74) is 0.919. The van der Waals surface area contributed by atoms with E-state index in [0.717, 1.165) is 22.8 Å². The maximum atomic E-state index is 13.6. The summed E-state index contributed by atoms with van der Waals surface area (Å²) in [6, 6.07) is 6.01. The highest BCUT2D eigenvalue weighted by Crippen LogP contribution is 2.28. The highest BCUT2D eigenvalue weighted by molar-refractivity contribution is 8.00. The van der Waals surface area contributed by atoms with Gasteiger partial charge in [-0.2, -0.15) is 0 Å². The summed E-state index contributed by atoms with van der Waals surface area (Å²) in [7, 11) is 0. The van der Waals surface area contributed by atoms with E-state index in [4.69, 9.17) is 0 Å². The molecule has 0 fully saturated rings. The molecule has 0 bridgehead atoms. The van der Waals surface area contributed by atoms with Gasteiger partial charge in [-0.25, -0.2) is 9.37 Å². The molecule has 5 nitrogen and oxygen atoms in total. The van der Waals surface area contributed by atoms with Gasteiger partial charge in [0.2, 0.25) is 5.91 Å². The largest absolute Gasteiger partial charge is 0.323 e. The van der Waals surface area contributed by atoms with E-state index < -0.39 is 5.82 Å². The molecule has 1 aliphatic heterocycles. The minimum Gasteiger partial charge on any atom is -0.323 e. The molecule has 2 aromatic rings. The molecule has 1 aliphatic rings. The first-order chi connectivity index (χ1) is 11.6. The third kappa shape index (κ3) is 3.49. The molecule has 8 heteroatoms. The fraction of sp³-hybridized carbons (Fsp3) is 0.312. The number of hydrogen-bond acceptors (Lipinski definition) is 5. The van der Waals surface area contributed by atoms with Gasteiger partial charge in [-0.15, -0.1) is 11.8 Å². The molecule has 0 unspecified atom stereocenters. The van der Waals surface area contributed by atoms with Crippen LogP contribution in [0.25, 0.3) is 0 Å². The van der Waals surface area contributed by atoms with Crippen LogP contribution in [0, 0.1) is 5.82 Å². The van der Waals surface area contributed by atoms with Gasteiger partial charge in [0.1, 0.15) is 5.82 Å². The van der Waals surface area contributed by atoms with Gasteiger partial charge in [0.25, 0.3) is 5.56 Å². The number of benzene rings is 1. The summed E-state index contributed by atoms with van der Waals surface area (Å²) in [6.45, 7) is 2.37. The van der Waals surface area contributed by atoms with E-state index in [1.807, 2.05) is 6.92 Å². The fourth-order valence-corrected chi connectivity index (χ4v) is 4.31. The number of nitrogens with zero attached hydrogens (tertiary/aromatic N) is 2. The summed E-state index contributed by atoms with van der Waals surface area (Å²) >= 11 is 2.73. The van der Waals surface area contributed by atoms with Crippen molar-refractivity contribution in [2.75, 3.05) is 16.8 Å². The molecule has 0 spiro atoms. The number of thioether (sulfide) groups is 2. The van der Waals surface area contributed by atoms with Crippen LogP contribution in [0.15, 0.2) is 39.1 Å². The number of amides is 1. The number of halogens is 1. The number of hydrogen-bond donors (Lipinski definition) is 1. The first-order valence-corrected chi connectivity index (χ1v) is 9.51. The van der Waals surface area contributed by atoms with E-state index in [1.165, 1.54) is 35.7 Å². The third-order valence-electron chi connectivity index (χ3n) is 3.54. The maximum Gasteiger partial charge on any atom is 0.268 e. The average Bonchev–Trinajstić information content (AvgIpc) is 3.04. The van der Waals surface area contributed by atoms with Crippen LogP contribution in [0.1, 0.15) is 12.6 Å². The number of aryl methyl sites for hydroxylation is 1. The van der Waals surface area contributed by atoms with Gasteiger partial charge >= 0.3 is 0 Å². The van der Waals surface area contributed by atoms with Gasteiger partial charge in [-0.3, -0.25) is 14.2 Å². The van der Waals surface area contributed by atoms with E-state index in [1.54, 1.807) is 16.7 Å². The number of anilines is 1. The van der Waals surface area contributed by atoms with E-state index in [9.17, 15) is 14.0 Å². The Morgan fingerprint density at radius 1 is 1.46 bits per heavy atom. The summed E-state index contributed by atoms with van der Waals surface area (Å²) in [6.07, 6.45) is 0.773. The van der Waals surface area contributed by atoms with E-state index in [2.05, 4.69) is 10.3 Å². The lowest BCUT2D eigenvalue weighted by atomic mass is 10.3. The van der Waals surface area contributed by atoms with Crippen molar-refractivity contribution in [3.05, 3.63) is 46.1 Å². The van der Waals surface area contributed by atoms with Gasteiger partial charge in [0.05, 0.1) is 22.0 Å². The van der Waals surface area contributed by atoms with Gasteiger partial charge in [0, 0.05) is 18.7 Å². The monoisotopic (exact) mass is 365 g/mol.